The van der Waals surface area contributed by atoms with Crippen molar-refractivity contribution in [2.24, 2.45) is 0 Å². The number of carbonyl (C=O) groups is 3. The van der Waals surface area contributed by atoms with Crippen molar-refractivity contribution in [1.29, 1.82) is 5.26 Å². The minimum Gasteiger partial charge on any atom is -0.358 e. The van der Waals surface area contributed by atoms with Gasteiger partial charge in [0.2, 0.25) is 17.7 Å². The Morgan fingerprint density at radius 2 is 2.04 bits per heavy atom. The molecule has 1 aromatic rings. The van der Waals surface area contributed by atoms with Crippen LogP contribution in [0.15, 0.2) is 0 Å². The molecule has 0 spiro atoms. The van der Waals surface area contributed by atoms with Gasteiger partial charge in [-0.1, -0.05) is 11.6 Å². The zero-order valence-electron chi connectivity index (χ0n) is 15.3. The lowest BCUT2D eigenvalue weighted by molar-refractivity contribution is -0.138. The van der Waals surface area contributed by atoms with Gasteiger partial charge in [0.15, 0.2) is 5.15 Å². The molecule has 0 atom stereocenters. The highest BCUT2D eigenvalue weighted by atomic mass is 35.5. The number of nitriles is 1. The van der Waals surface area contributed by atoms with Gasteiger partial charge in [0.05, 0.1) is 6.54 Å². The van der Waals surface area contributed by atoms with Crippen LogP contribution in [-0.2, 0) is 14.4 Å². The first-order valence-corrected chi connectivity index (χ1v) is 10.3. The van der Waals surface area contributed by atoms with Gasteiger partial charge in [0, 0.05) is 52.1 Å². The van der Waals surface area contributed by atoms with Crippen LogP contribution >= 0.6 is 23.1 Å². The fourth-order valence-corrected chi connectivity index (χ4v) is 4.36. The third-order valence-electron chi connectivity index (χ3n) is 4.83. The molecule has 0 saturated carbocycles. The first kappa shape index (κ1) is 20.4. The summed E-state index contributed by atoms with van der Waals surface area (Å²) >= 11 is 7.11. The van der Waals surface area contributed by atoms with Crippen molar-refractivity contribution in [3.8, 4) is 6.07 Å². The third kappa shape index (κ3) is 4.72. The van der Waals surface area contributed by atoms with Gasteiger partial charge in [-0.15, -0.1) is 0 Å². The molecule has 3 amide bonds. The van der Waals surface area contributed by atoms with Crippen molar-refractivity contribution < 1.29 is 14.4 Å². The average Bonchev–Trinajstić information content (AvgIpc) is 3.25. The quantitative estimate of drug-likeness (QED) is 0.754. The summed E-state index contributed by atoms with van der Waals surface area (Å²) < 4.78 is 4.04. The van der Waals surface area contributed by atoms with Gasteiger partial charge in [0.1, 0.15) is 16.6 Å². The van der Waals surface area contributed by atoms with E-state index in [-0.39, 0.29) is 42.4 Å². The number of anilines is 1. The van der Waals surface area contributed by atoms with Gasteiger partial charge < -0.3 is 20.0 Å². The van der Waals surface area contributed by atoms with E-state index in [1.807, 2.05) is 4.90 Å². The number of halogens is 1. The van der Waals surface area contributed by atoms with Gasteiger partial charge in [-0.2, -0.15) is 9.64 Å². The Hall–Kier alpha value is -2.38. The summed E-state index contributed by atoms with van der Waals surface area (Å²) in [5.74, 6) is -0.321. The van der Waals surface area contributed by atoms with Gasteiger partial charge in [-0.25, -0.2) is 0 Å². The minimum atomic E-state index is -0.175. The molecule has 2 fully saturated rings. The summed E-state index contributed by atoms with van der Waals surface area (Å²) in [5, 5.41) is 13.0. The lowest BCUT2D eigenvalue weighted by Crippen LogP contribution is -2.47. The molecule has 0 aliphatic carbocycles. The number of nitrogens with zero attached hydrogens (tertiary/aromatic N) is 5. The Labute approximate surface area is 172 Å². The van der Waals surface area contributed by atoms with Crippen molar-refractivity contribution in [2.45, 2.75) is 19.3 Å². The first-order chi connectivity index (χ1) is 13.5. The zero-order valence-corrected chi connectivity index (χ0v) is 16.9. The van der Waals surface area contributed by atoms with E-state index in [0.717, 1.165) is 18.0 Å². The molecule has 0 unspecified atom stereocenters. The third-order valence-corrected chi connectivity index (χ3v) is 6.12. The molecule has 2 aliphatic heterocycles. The van der Waals surface area contributed by atoms with Crippen LogP contribution in [0.3, 0.4) is 0 Å². The van der Waals surface area contributed by atoms with Crippen LogP contribution in [0.25, 0.3) is 0 Å². The summed E-state index contributed by atoms with van der Waals surface area (Å²) in [7, 11) is 0. The monoisotopic (exact) mass is 424 g/mol. The van der Waals surface area contributed by atoms with Crippen molar-refractivity contribution >= 4 is 45.9 Å². The number of aromatic nitrogens is 1. The van der Waals surface area contributed by atoms with E-state index in [9.17, 15) is 19.6 Å². The SMILES string of the molecule is N#Cc1c(Cl)nsc1N1CCNC(=O)CCN(C(=O)CN2CCCC2=O)CC1. The number of hydrogen-bond donors (Lipinski definition) is 1. The Morgan fingerprint density at radius 3 is 2.75 bits per heavy atom. The van der Waals surface area contributed by atoms with Crippen LogP contribution in [0.1, 0.15) is 24.8 Å². The highest BCUT2D eigenvalue weighted by molar-refractivity contribution is 7.10. The van der Waals surface area contributed by atoms with E-state index >= 15 is 0 Å². The molecule has 2 aliphatic rings. The number of rotatable bonds is 3. The number of amides is 3. The minimum absolute atomic E-state index is 0.00764. The van der Waals surface area contributed by atoms with Crippen LogP contribution < -0.4 is 10.2 Å². The normalized spacial score (nSPS) is 18.8. The first-order valence-electron chi connectivity index (χ1n) is 9.12. The highest BCUT2D eigenvalue weighted by Gasteiger charge is 2.26. The van der Waals surface area contributed by atoms with E-state index in [4.69, 9.17) is 11.6 Å². The number of hydrogen-bond acceptors (Lipinski definition) is 7. The van der Waals surface area contributed by atoms with Gasteiger partial charge in [-0.05, 0) is 18.0 Å². The van der Waals surface area contributed by atoms with Crippen LogP contribution in [-0.4, -0.2) is 77.7 Å². The molecule has 3 rings (SSSR count). The van der Waals surface area contributed by atoms with E-state index < -0.39 is 0 Å². The molecule has 0 aromatic carbocycles. The van der Waals surface area contributed by atoms with E-state index in [2.05, 4.69) is 15.8 Å². The lowest BCUT2D eigenvalue weighted by atomic mass is 10.3. The van der Waals surface area contributed by atoms with E-state index in [1.54, 1.807) is 9.80 Å². The van der Waals surface area contributed by atoms with Crippen LogP contribution in [0.2, 0.25) is 5.15 Å². The smallest absolute Gasteiger partial charge is 0.242 e. The Bertz CT molecular complexity index is 807. The second kappa shape index (κ2) is 9.21. The standard InChI is InChI=1S/C17H21ClN6O3S/c18-16-12(10-19)17(28-21-16)23-7-4-20-13(25)3-6-22(8-9-23)15(27)11-24-5-1-2-14(24)26/h1-9,11H2,(H,20,25). The van der Waals surface area contributed by atoms with Crippen molar-refractivity contribution in [3.63, 3.8) is 0 Å². The summed E-state index contributed by atoms with van der Waals surface area (Å²) in [6.45, 7) is 2.68. The van der Waals surface area contributed by atoms with Crippen molar-refractivity contribution in [2.75, 3.05) is 50.7 Å². The Kier molecular flexibility index (Phi) is 6.70. The molecule has 2 saturated heterocycles. The van der Waals surface area contributed by atoms with E-state index in [0.29, 0.717) is 49.7 Å². The zero-order chi connectivity index (χ0) is 20.1. The van der Waals surface area contributed by atoms with Crippen LogP contribution in [0, 0.1) is 11.3 Å². The molecular weight excluding hydrogens is 404 g/mol. The molecule has 1 aromatic heterocycles. The molecule has 150 valence electrons. The Morgan fingerprint density at radius 1 is 1.21 bits per heavy atom. The topological polar surface area (TPSA) is 110 Å². The highest BCUT2D eigenvalue weighted by Crippen LogP contribution is 2.31. The predicted octanol–water partition coefficient (Wildman–Crippen LogP) is 0.445. The summed E-state index contributed by atoms with van der Waals surface area (Å²) in [5.41, 5.74) is 0.301. The van der Waals surface area contributed by atoms with Gasteiger partial charge in [-0.3, -0.25) is 14.4 Å². The van der Waals surface area contributed by atoms with Crippen LogP contribution in [0.5, 0.6) is 0 Å². The Balaban J connectivity index is 1.73. The molecule has 0 bridgehead atoms. The number of nitrogens with one attached hydrogen (secondary N) is 1. The van der Waals surface area contributed by atoms with Crippen LogP contribution in [0.4, 0.5) is 5.00 Å². The maximum Gasteiger partial charge on any atom is 0.242 e. The second-order valence-electron chi connectivity index (χ2n) is 6.65. The van der Waals surface area contributed by atoms with Gasteiger partial charge >= 0.3 is 0 Å². The molecule has 0 radical (unpaired) electrons. The molecule has 9 nitrogen and oxygen atoms in total. The molecule has 3 heterocycles. The fraction of sp³-hybridized carbons (Fsp3) is 0.588. The maximum absolute atomic E-state index is 12.7. The molecular formula is C17H21ClN6O3S. The molecule has 28 heavy (non-hydrogen) atoms. The summed E-state index contributed by atoms with van der Waals surface area (Å²) in [6, 6.07) is 2.06. The second-order valence-corrected chi connectivity index (χ2v) is 7.76. The average molecular weight is 425 g/mol. The lowest BCUT2D eigenvalue weighted by Gasteiger charge is -2.30. The largest absolute Gasteiger partial charge is 0.358 e. The fourth-order valence-electron chi connectivity index (χ4n) is 3.28. The molecule has 1 N–H and O–H groups in total. The van der Waals surface area contributed by atoms with Gasteiger partial charge in [0.25, 0.3) is 0 Å². The molecule has 11 heteroatoms. The number of likely N-dealkylation sites (tertiary alicyclic amines) is 1. The number of carbonyl (C=O) groups excluding carboxylic acids is 3. The summed E-state index contributed by atoms with van der Waals surface area (Å²) in [6.07, 6.45) is 1.47. The maximum atomic E-state index is 12.7. The van der Waals surface area contributed by atoms with Crippen molar-refractivity contribution in [3.05, 3.63) is 10.7 Å². The van der Waals surface area contributed by atoms with Crippen molar-refractivity contribution in [1.82, 2.24) is 19.5 Å². The van der Waals surface area contributed by atoms with E-state index in [1.165, 1.54) is 0 Å². The predicted molar refractivity (Wildman–Crippen MR) is 104 cm³/mol. The summed E-state index contributed by atoms with van der Waals surface area (Å²) in [4.78, 5) is 41.7.